The van der Waals surface area contributed by atoms with Crippen LogP contribution < -0.4 is 5.32 Å². The second-order valence-corrected chi connectivity index (χ2v) is 7.71. The van der Waals surface area contributed by atoms with Crippen LogP contribution in [-0.4, -0.2) is 35.2 Å². The van der Waals surface area contributed by atoms with Gasteiger partial charge in [0.05, 0.1) is 5.69 Å². The third-order valence-electron chi connectivity index (χ3n) is 6.03. The third-order valence-corrected chi connectivity index (χ3v) is 6.03. The molecule has 142 valence electrons. The summed E-state index contributed by atoms with van der Waals surface area (Å²) in [5, 5.41) is 7.89. The largest absolute Gasteiger partial charge is 0.356 e. The molecule has 3 aromatic rings. The number of benzene rings is 2. The first kappa shape index (κ1) is 17.4. The molecule has 0 amide bonds. The lowest BCUT2D eigenvalue weighted by atomic mass is 9.72. The Morgan fingerprint density at radius 1 is 1.07 bits per heavy atom. The van der Waals surface area contributed by atoms with Gasteiger partial charge in [0.15, 0.2) is 5.76 Å². The van der Waals surface area contributed by atoms with Gasteiger partial charge in [0.1, 0.15) is 0 Å². The lowest BCUT2D eigenvalue weighted by Crippen LogP contribution is -2.72. The molecule has 3 heterocycles. The Morgan fingerprint density at radius 3 is 2.54 bits per heavy atom. The molecule has 1 aromatic heterocycles. The van der Waals surface area contributed by atoms with Crippen molar-refractivity contribution in [3.8, 4) is 11.3 Å². The Morgan fingerprint density at radius 2 is 1.82 bits per heavy atom. The fourth-order valence-electron chi connectivity index (χ4n) is 4.69. The monoisotopic (exact) mass is 371 g/mol. The molecule has 2 fully saturated rings. The summed E-state index contributed by atoms with van der Waals surface area (Å²) in [4.78, 5) is 2.58. The predicted octanol–water partition coefficient (Wildman–Crippen LogP) is 4.31. The quantitative estimate of drug-likeness (QED) is 0.725. The van der Waals surface area contributed by atoms with Gasteiger partial charge in [0, 0.05) is 49.3 Å². The number of piperidine rings is 1. The summed E-state index contributed by atoms with van der Waals surface area (Å²) in [5.41, 5.74) is 4.80. The van der Waals surface area contributed by atoms with Crippen LogP contribution in [0, 0.1) is 0 Å². The van der Waals surface area contributed by atoms with E-state index in [2.05, 4.69) is 76.9 Å². The smallest absolute Gasteiger partial charge is 0.167 e. The Kier molecular flexibility index (Phi) is 4.59. The molecule has 4 nitrogen and oxygen atoms in total. The molecule has 4 heteroatoms. The van der Waals surface area contributed by atoms with Crippen molar-refractivity contribution >= 4 is 6.08 Å². The molecule has 0 saturated carbocycles. The number of rotatable bonds is 5. The van der Waals surface area contributed by atoms with E-state index in [0.29, 0.717) is 18.0 Å². The van der Waals surface area contributed by atoms with Gasteiger partial charge in [-0.3, -0.25) is 4.90 Å². The van der Waals surface area contributed by atoms with E-state index in [1.54, 1.807) is 0 Å². The fourth-order valence-corrected chi connectivity index (χ4v) is 4.69. The van der Waals surface area contributed by atoms with E-state index in [9.17, 15) is 0 Å². The topological polar surface area (TPSA) is 41.3 Å². The van der Waals surface area contributed by atoms with E-state index in [1.165, 1.54) is 11.1 Å². The van der Waals surface area contributed by atoms with Crippen molar-refractivity contribution < 1.29 is 4.52 Å². The molecular weight excluding hydrogens is 346 g/mol. The molecule has 0 aliphatic carbocycles. The average Bonchev–Trinajstić information content (AvgIpc) is 3.23. The molecular formula is C24H25N3O. The van der Waals surface area contributed by atoms with Gasteiger partial charge >= 0.3 is 0 Å². The van der Waals surface area contributed by atoms with Gasteiger partial charge in [0.25, 0.3) is 0 Å². The van der Waals surface area contributed by atoms with Crippen LogP contribution in [0.25, 0.3) is 17.4 Å². The SMILES string of the molecule is C/C=C/c1ccc(C2[C@H]3CNC[C@@H]2N3Cc2cc(-c3ccccc3)on2)cc1. The van der Waals surface area contributed by atoms with Crippen LogP contribution in [-0.2, 0) is 6.54 Å². The first-order chi connectivity index (χ1) is 13.8. The highest BCUT2D eigenvalue weighted by atomic mass is 16.5. The third kappa shape index (κ3) is 3.09. The van der Waals surface area contributed by atoms with E-state index < -0.39 is 0 Å². The van der Waals surface area contributed by atoms with Crippen LogP contribution in [0.4, 0.5) is 0 Å². The van der Waals surface area contributed by atoms with E-state index >= 15 is 0 Å². The minimum absolute atomic E-state index is 0.517. The first-order valence-electron chi connectivity index (χ1n) is 10.0. The number of likely N-dealkylation sites (tertiary alicyclic amines) is 1. The van der Waals surface area contributed by atoms with E-state index in [4.69, 9.17) is 4.52 Å². The number of nitrogens with zero attached hydrogens (tertiary/aromatic N) is 2. The number of piperazine rings is 1. The summed E-state index contributed by atoms with van der Waals surface area (Å²) < 4.78 is 5.59. The van der Waals surface area contributed by atoms with Gasteiger partial charge in [-0.15, -0.1) is 0 Å². The minimum atomic E-state index is 0.517. The van der Waals surface area contributed by atoms with Crippen molar-refractivity contribution in [3.63, 3.8) is 0 Å². The lowest BCUT2D eigenvalue weighted by molar-refractivity contribution is -0.0496. The summed E-state index contributed by atoms with van der Waals surface area (Å²) in [5.74, 6) is 1.44. The Bertz CT molecular complexity index is 949. The first-order valence-corrected chi connectivity index (χ1v) is 10.0. The van der Waals surface area contributed by atoms with Crippen LogP contribution in [0.15, 0.2) is 71.3 Å². The Hall–Kier alpha value is -2.69. The van der Waals surface area contributed by atoms with Gasteiger partial charge in [-0.2, -0.15) is 0 Å². The second-order valence-electron chi connectivity index (χ2n) is 7.71. The summed E-state index contributed by atoms with van der Waals surface area (Å²) in [6, 6.07) is 22.3. The molecule has 3 atom stereocenters. The van der Waals surface area contributed by atoms with Crippen LogP contribution in [0.5, 0.6) is 0 Å². The highest BCUT2D eigenvalue weighted by Gasteiger charge is 2.51. The molecule has 1 N–H and O–H groups in total. The number of hydrogen-bond donors (Lipinski definition) is 1. The zero-order valence-corrected chi connectivity index (χ0v) is 16.1. The van der Waals surface area contributed by atoms with Crippen LogP contribution >= 0.6 is 0 Å². The number of hydrogen-bond acceptors (Lipinski definition) is 4. The highest BCUT2D eigenvalue weighted by Crippen LogP contribution is 2.43. The van der Waals surface area contributed by atoms with Gasteiger partial charge in [-0.1, -0.05) is 71.9 Å². The molecule has 1 unspecified atom stereocenters. The van der Waals surface area contributed by atoms with Crippen molar-refractivity contribution in [2.75, 3.05) is 13.1 Å². The molecule has 2 bridgehead atoms. The van der Waals surface area contributed by atoms with Gasteiger partial charge < -0.3 is 9.84 Å². The van der Waals surface area contributed by atoms with Crippen LogP contribution in [0.3, 0.4) is 0 Å². The summed E-state index contributed by atoms with van der Waals surface area (Å²) in [6.45, 7) is 4.96. The van der Waals surface area contributed by atoms with Crippen molar-refractivity contribution in [1.29, 1.82) is 0 Å². The predicted molar refractivity (Wildman–Crippen MR) is 112 cm³/mol. The fraction of sp³-hybridized carbons (Fsp3) is 0.292. The Labute approximate surface area is 165 Å². The molecule has 2 saturated heterocycles. The maximum Gasteiger partial charge on any atom is 0.167 e. The molecule has 2 aliphatic heterocycles. The van der Waals surface area contributed by atoms with Crippen molar-refractivity contribution in [1.82, 2.24) is 15.4 Å². The minimum Gasteiger partial charge on any atom is -0.356 e. The maximum atomic E-state index is 5.59. The van der Waals surface area contributed by atoms with Crippen molar-refractivity contribution in [2.45, 2.75) is 31.5 Å². The van der Waals surface area contributed by atoms with Gasteiger partial charge in [-0.25, -0.2) is 0 Å². The zero-order valence-electron chi connectivity index (χ0n) is 16.1. The average molecular weight is 371 g/mol. The van der Waals surface area contributed by atoms with Crippen molar-refractivity contribution in [2.24, 2.45) is 0 Å². The molecule has 2 aliphatic rings. The maximum absolute atomic E-state index is 5.59. The second kappa shape index (κ2) is 7.38. The molecule has 2 aromatic carbocycles. The van der Waals surface area contributed by atoms with E-state index in [-0.39, 0.29) is 0 Å². The summed E-state index contributed by atoms with van der Waals surface area (Å²) in [7, 11) is 0. The summed E-state index contributed by atoms with van der Waals surface area (Å²) in [6.07, 6.45) is 4.23. The van der Waals surface area contributed by atoms with Gasteiger partial charge in [0.2, 0.25) is 0 Å². The normalized spacial score (nSPS) is 24.4. The summed E-state index contributed by atoms with van der Waals surface area (Å²) >= 11 is 0. The number of nitrogens with one attached hydrogen (secondary N) is 1. The zero-order chi connectivity index (χ0) is 18.9. The lowest BCUT2D eigenvalue weighted by Gasteiger charge is -2.59. The van der Waals surface area contributed by atoms with Crippen LogP contribution in [0.2, 0.25) is 0 Å². The standard InChI is InChI=1S/C24H25N3O/c1-2-6-17-9-11-19(12-10-17)24-21-14-25-15-22(24)27(21)16-20-13-23(28-26-20)18-7-4-3-5-8-18/h2-13,21-22,24-25H,14-16H2,1H3/b6-2+/t21-,22+,24?. The highest BCUT2D eigenvalue weighted by molar-refractivity contribution is 5.57. The van der Waals surface area contributed by atoms with E-state index in [0.717, 1.165) is 36.7 Å². The Balaban J connectivity index is 1.31. The number of allylic oxidation sites excluding steroid dienone is 1. The number of fused-ring (bicyclic) bond motifs is 2. The molecule has 0 radical (unpaired) electrons. The van der Waals surface area contributed by atoms with Gasteiger partial charge in [-0.05, 0) is 18.1 Å². The number of aromatic nitrogens is 1. The molecule has 28 heavy (non-hydrogen) atoms. The molecule has 5 rings (SSSR count). The van der Waals surface area contributed by atoms with E-state index in [1.807, 2.05) is 18.2 Å². The van der Waals surface area contributed by atoms with Crippen molar-refractivity contribution in [3.05, 3.63) is 83.6 Å². The molecule has 0 spiro atoms. The van der Waals surface area contributed by atoms with Crippen LogP contribution in [0.1, 0.15) is 29.7 Å².